The minimum Gasteiger partial charge on any atom is -0.392 e. The Bertz CT molecular complexity index is 40.7. The summed E-state index contributed by atoms with van der Waals surface area (Å²) < 4.78 is 4.56. The molecular weight excluding hydrogens is 90.9 g/mol. The monoisotopic (exact) mass is 100 g/mol. The number of aliphatic hydroxyl groups is 1. The van der Waals surface area contributed by atoms with Crippen molar-refractivity contribution < 1.29 is 9.84 Å². The van der Waals surface area contributed by atoms with Gasteiger partial charge < -0.3 is 9.84 Å². The highest BCUT2D eigenvalue weighted by Crippen LogP contribution is 1.85. The van der Waals surface area contributed by atoms with Crippen LogP contribution in [-0.2, 0) is 4.74 Å². The van der Waals surface area contributed by atoms with Crippen LogP contribution in [-0.4, -0.2) is 32.8 Å². The highest BCUT2D eigenvalue weighted by Gasteiger charge is 1.94. The summed E-state index contributed by atoms with van der Waals surface area (Å²) in [5, 5.41) is 8.61. The molecule has 0 amide bonds. The topological polar surface area (TPSA) is 29.5 Å². The van der Waals surface area contributed by atoms with Crippen molar-refractivity contribution in [2.75, 3.05) is 13.7 Å². The van der Waals surface area contributed by atoms with Gasteiger partial charge in [-0.2, -0.15) is 0 Å². The van der Waals surface area contributed by atoms with Gasteiger partial charge in [0.1, 0.15) is 0 Å². The van der Waals surface area contributed by atoms with Crippen LogP contribution in [0.1, 0.15) is 0 Å². The van der Waals surface area contributed by atoms with Crippen molar-refractivity contribution in [3.05, 3.63) is 0 Å². The highest BCUT2D eigenvalue weighted by molar-refractivity contribution is 6.08. The van der Waals surface area contributed by atoms with Gasteiger partial charge in [-0.05, 0) is 0 Å². The van der Waals surface area contributed by atoms with Crippen LogP contribution in [0.2, 0.25) is 6.32 Å². The van der Waals surface area contributed by atoms with Crippen molar-refractivity contribution in [1.82, 2.24) is 0 Å². The zero-order valence-electron chi connectivity index (χ0n) is 4.42. The van der Waals surface area contributed by atoms with Gasteiger partial charge in [0, 0.05) is 7.11 Å². The molecule has 0 aromatic heterocycles. The maximum Gasteiger partial charge on any atom is 0.0714 e. The van der Waals surface area contributed by atoms with Gasteiger partial charge in [0.05, 0.1) is 20.6 Å². The maximum atomic E-state index is 8.61. The van der Waals surface area contributed by atoms with E-state index in [2.05, 4.69) is 4.74 Å². The van der Waals surface area contributed by atoms with E-state index in [1.54, 1.807) is 0 Å². The lowest BCUT2D eigenvalue weighted by atomic mass is 10.0. The van der Waals surface area contributed by atoms with Gasteiger partial charge in [0.2, 0.25) is 0 Å². The van der Waals surface area contributed by atoms with E-state index < -0.39 is 6.10 Å². The van der Waals surface area contributed by atoms with Crippen LogP contribution >= 0.6 is 0 Å². The first-order valence-electron chi connectivity index (χ1n) is 2.18. The van der Waals surface area contributed by atoms with Crippen molar-refractivity contribution in [3.63, 3.8) is 0 Å². The molecule has 0 aliphatic carbocycles. The molecule has 0 saturated carbocycles. The Morgan fingerprint density at radius 2 is 2.43 bits per heavy atom. The number of aliphatic hydroxyl groups excluding tert-OH is 1. The third-order valence-electron chi connectivity index (χ3n) is 0.631. The van der Waals surface area contributed by atoms with Crippen molar-refractivity contribution in [2.24, 2.45) is 0 Å². The largest absolute Gasteiger partial charge is 0.392 e. The van der Waals surface area contributed by atoms with E-state index in [0.29, 0.717) is 6.61 Å². The van der Waals surface area contributed by atoms with Crippen LogP contribution in [0.15, 0.2) is 0 Å². The van der Waals surface area contributed by atoms with Gasteiger partial charge in [-0.3, -0.25) is 0 Å². The van der Waals surface area contributed by atoms with Crippen molar-refractivity contribution in [3.8, 4) is 0 Å². The molecule has 40 valence electrons. The second kappa shape index (κ2) is 4.15. The average molecular weight is 99.9 g/mol. The van der Waals surface area contributed by atoms with Crippen LogP contribution in [0, 0.1) is 0 Å². The summed E-state index contributed by atoms with van der Waals surface area (Å²) >= 11 is 0. The molecule has 0 spiro atoms. The van der Waals surface area contributed by atoms with E-state index >= 15 is 0 Å². The van der Waals surface area contributed by atoms with Crippen molar-refractivity contribution >= 4 is 7.85 Å². The lowest BCUT2D eigenvalue weighted by Crippen LogP contribution is -2.12. The summed E-state index contributed by atoms with van der Waals surface area (Å²) in [5.41, 5.74) is 0. The first kappa shape index (κ1) is 6.98. The minimum absolute atomic E-state index is 0.272. The Labute approximate surface area is 44.9 Å². The van der Waals surface area contributed by atoms with E-state index in [4.69, 9.17) is 13.0 Å². The zero-order chi connectivity index (χ0) is 5.70. The molecule has 1 N–H and O–H groups in total. The quantitative estimate of drug-likeness (QED) is 0.488. The fourth-order valence-corrected chi connectivity index (χ4v) is 0.260. The maximum absolute atomic E-state index is 8.61. The second-order valence-corrected chi connectivity index (χ2v) is 1.34. The van der Waals surface area contributed by atoms with Gasteiger partial charge in [0.15, 0.2) is 0 Å². The number of rotatable bonds is 3. The number of hydrogen-bond acceptors (Lipinski definition) is 2. The molecule has 0 fully saturated rings. The van der Waals surface area contributed by atoms with Crippen LogP contribution in [0.4, 0.5) is 0 Å². The summed E-state index contributed by atoms with van der Waals surface area (Å²) in [5.74, 6) is 0. The third kappa shape index (κ3) is 3.82. The Kier molecular flexibility index (Phi) is 4.14. The summed E-state index contributed by atoms with van der Waals surface area (Å²) in [7, 11) is 6.55. The number of methoxy groups -OCH3 is 1. The van der Waals surface area contributed by atoms with Crippen LogP contribution in [0.25, 0.3) is 0 Å². The molecule has 3 heteroatoms. The molecule has 1 unspecified atom stereocenters. The molecule has 7 heavy (non-hydrogen) atoms. The molecule has 0 aliphatic rings. The standard InChI is InChI=1S/C4H9BO2/c1-7-3-4(6)2-5/h4,6H,2-3H2,1H3. The van der Waals surface area contributed by atoms with E-state index in [0.717, 1.165) is 0 Å². The molecule has 2 nitrogen and oxygen atoms in total. The lowest BCUT2D eigenvalue weighted by molar-refractivity contribution is 0.0769. The van der Waals surface area contributed by atoms with E-state index in [1.165, 1.54) is 7.11 Å². The summed E-state index contributed by atoms with van der Waals surface area (Å²) in [6, 6.07) is 0. The number of hydrogen-bond donors (Lipinski definition) is 1. The molecular formula is C4H9BO2. The fraction of sp³-hybridized carbons (Fsp3) is 1.00. The predicted molar refractivity (Wildman–Crippen MR) is 28.4 cm³/mol. The van der Waals surface area contributed by atoms with Gasteiger partial charge in [-0.15, -0.1) is 0 Å². The Morgan fingerprint density at radius 1 is 1.86 bits per heavy atom. The number of ether oxygens (including phenoxy) is 1. The summed E-state index contributed by atoms with van der Waals surface area (Å²) in [6.07, 6.45) is -0.224. The smallest absolute Gasteiger partial charge is 0.0714 e. The van der Waals surface area contributed by atoms with Gasteiger partial charge >= 0.3 is 0 Å². The highest BCUT2D eigenvalue weighted by atomic mass is 16.5. The molecule has 0 saturated heterocycles. The summed E-state index contributed by atoms with van der Waals surface area (Å²) in [6.45, 7) is 0.330. The third-order valence-corrected chi connectivity index (χ3v) is 0.631. The molecule has 2 radical (unpaired) electrons. The summed E-state index contributed by atoms with van der Waals surface area (Å²) in [4.78, 5) is 0. The average Bonchev–Trinajstić information content (AvgIpc) is 1.68. The predicted octanol–water partition coefficient (Wildman–Crippen LogP) is -0.420. The van der Waals surface area contributed by atoms with Gasteiger partial charge in [0.25, 0.3) is 0 Å². The lowest BCUT2D eigenvalue weighted by Gasteiger charge is -2.02. The van der Waals surface area contributed by atoms with E-state index in [9.17, 15) is 0 Å². The van der Waals surface area contributed by atoms with Gasteiger partial charge in [-0.25, -0.2) is 0 Å². The van der Waals surface area contributed by atoms with E-state index in [-0.39, 0.29) is 6.32 Å². The molecule has 0 heterocycles. The minimum atomic E-state index is -0.495. The molecule has 0 aliphatic heterocycles. The zero-order valence-corrected chi connectivity index (χ0v) is 4.42. The Balaban J connectivity index is 2.83. The van der Waals surface area contributed by atoms with Crippen LogP contribution in [0.3, 0.4) is 0 Å². The van der Waals surface area contributed by atoms with Crippen molar-refractivity contribution in [2.45, 2.75) is 12.4 Å². The molecule has 0 aromatic rings. The Morgan fingerprint density at radius 3 is 2.57 bits per heavy atom. The molecule has 0 aromatic carbocycles. The Hall–Kier alpha value is -0.0151. The molecule has 0 bridgehead atoms. The molecule has 1 atom stereocenters. The van der Waals surface area contributed by atoms with Crippen molar-refractivity contribution in [1.29, 1.82) is 0 Å². The molecule has 0 rings (SSSR count). The first-order valence-corrected chi connectivity index (χ1v) is 2.18. The van der Waals surface area contributed by atoms with Gasteiger partial charge in [-0.1, -0.05) is 6.32 Å². The first-order chi connectivity index (χ1) is 3.31. The fourth-order valence-electron chi connectivity index (χ4n) is 0.260. The SMILES string of the molecule is [B]CC(O)COC. The normalized spacial score (nSPS) is 14.0. The van der Waals surface area contributed by atoms with E-state index in [1.807, 2.05) is 0 Å². The van der Waals surface area contributed by atoms with Crippen LogP contribution < -0.4 is 0 Å². The van der Waals surface area contributed by atoms with Crippen LogP contribution in [0.5, 0.6) is 0 Å². The second-order valence-electron chi connectivity index (χ2n) is 1.34.